The predicted molar refractivity (Wildman–Crippen MR) is 72.4 cm³/mol. The van der Waals surface area contributed by atoms with Crippen LogP contribution in [0.1, 0.15) is 52.9 Å². The molecule has 0 aliphatic heterocycles. The molecule has 3 nitrogen and oxygen atoms in total. The topological polar surface area (TPSA) is 43.4 Å². The average Bonchev–Trinajstić information content (AvgIpc) is 2.28. The molecule has 0 saturated heterocycles. The molecule has 0 radical (unpaired) electrons. The molecule has 0 aromatic heterocycles. The first-order chi connectivity index (χ1) is 8.10. The summed E-state index contributed by atoms with van der Waals surface area (Å²) in [4.78, 5) is 11.0. The Morgan fingerprint density at radius 1 is 1.24 bits per heavy atom. The number of hydrogen-bond acceptors (Lipinski definition) is 3. The number of hydrogen-bond donors (Lipinski definition) is 0. The second kappa shape index (κ2) is 10.8. The summed E-state index contributed by atoms with van der Waals surface area (Å²) in [5, 5.41) is 0. The van der Waals surface area contributed by atoms with Crippen molar-refractivity contribution in [3.63, 3.8) is 0 Å². The number of carbonyl (C=O) groups is 1. The molecule has 0 spiro atoms. The maximum atomic E-state index is 11.6. The molecule has 0 aliphatic rings. The minimum Gasteiger partial charge on any atom is -0.466 e. The quantitative estimate of drug-likeness (QED) is 0.449. The molecule has 0 heterocycles. The highest BCUT2D eigenvalue weighted by Crippen LogP contribution is 2.06. The molecule has 0 saturated carbocycles. The third-order valence-corrected chi connectivity index (χ3v) is 4.41. The van der Waals surface area contributed by atoms with Gasteiger partial charge in [-0.05, 0) is 25.7 Å². The van der Waals surface area contributed by atoms with Gasteiger partial charge in [-0.15, -0.1) is 0 Å². The van der Waals surface area contributed by atoms with Crippen molar-refractivity contribution in [2.24, 2.45) is 5.92 Å². The summed E-state index contributed by atoms with van der Waals surface area (Å²) in [6, 6.07) is 0. The van der Waals surface area contributed by atoms with Crippen LogP contribution in [-0.4, -0.2) is 28.3 Å². The Balaban J connectivity index is 3.39. The fraction of sp³-hybridized carbons (Fsp3) is 0.923. The summed E-state index contributed by atoms with van der Waals surface area (Å²) >= 11 is 0. The van der Waals surface area contributed by atoms with Crippen LogP contribution >= 0.6 is 0 Å². The zero-order valence-corrected chi connectivity index (χ0v) is 12.2. The first-order valence-electron chi connectivity index (χ1n) is 6.60. The van der Waals surface area contributed by atoms with Gasteiger partial charge in [0, 0.05) is 28.7 Å². The van der Waals surface area contributed by atoms with Gasteiger partial charge in [-0.3, -0.25) is 9.00 Å². The fourth-order valence-corrected chi connectivity index (χ4v) is 3.02. The second-order valence-corrected chi connectivity index (χ2v) is 6.06. The van der Waals surface area contributed by atoms with E-state index in [0.717, 1.165) is 37.2 Å². The van der Waals surface area contributed by atoms with Crippen molar-refractivity contribution in [3.05, 3.63) is 0 Å². The van der Waals surface area contributed by atoms with Crippen molar-refractivity contribution < 1.29 is 13.7 Å². The molecule has 0 aromatic rings. The zero-order valence-electron chi connectivity index (χ0n) is 11.4. The number of ether oxygens (including phenoxy) is 1. The van der Waals surface area contributed by atoms with Crippen molar-refractivity contribution in [1.82, 2.24) is 0 Å². The van der Waals surface area contributed by atoms with Gasteiger partial charge in [0.2, 0.25) is 0 Å². The SMILES string of the molecule is CCOC(=O)CCCCCS(=O)CC(C)CC. The number of carbonyl (C=O) groups excluding carboxylic acids is 1. The summed E-state index contributed by atoms with van der Waals surface area (Å²) in [6.45, 7) is 6.54. The van der Waals surface area contributed by atoms with Gasteiger partial charge in [0.05, 0.1) is 6.61 Å². The highest BCUT2D eigenvalue weighted by Gasteiger charge is 2.06. The van der Waals surface area contributed by atoms with E-state index in [4.69, 9.17) is 4.74 Å². The molecule has 0 aromatic carbocycles. The van der Waals surface area contributed by atoms with E-state index in [1.807, 2.05) is 6.92 Å². The lowest BCUT2D eigenvalue weighted by Crippen LogP contribution is -2.10. The Hall–Kier alpha value is -0.380. The smallest absolute Gasteiger partial charge is 0.305 e. The van der Waals surface area contributed by atoms with Crippen molar-refractivity contribution >= 4 is 16.8 Å². The van der Waals surface area contributed by atoms with Crippen LogP contribution in [0.4, 0.5) is 0 Å². The van der Waals surface area contributed by atoms with Crippen molar-refractivity contribution in [2.75, 3.05) is 18.1 Å². The van der Waals surface area contributed by atoms with Crippen LogP contribution in [0.3, 0.4) is 0 Å². The Bertz CT molecular complexity index is 229. The van der Waals surface area contributed by atoms with Gasteiger partial charge < -0.3 is 4.74 Å². The van der Waals surface area contributed by atoms with Gasteiger partial charge >= 0.3 is 5.97 Å². The first kappa shape index (κ1) is 16.6. The maximum absolute atomic E-state index is 11.6. The summed E-state index contributed by atoms with van der Waals surface area (Å²) < 4.78 is 16.5. The van der Waals surface area contributed by atoms with Crippen molar-refractivity contribution in [3.8, 4) is 0 Å². The van der Waals surface area contributed by atoms with Gasteiger partial charge in [-0.2, -0.15) is 0 Å². The molecule has 0 amide bonds. The lowest BCUT2D eigenvalue weighted by Gasteiger charge is -2.07. The molecular formula is C13H26O3S. The Kier molecular flexibility index (Phi) is 10.5. The van der Waals surface area contributed by atoms with E-state index in [1.165, 1.54) is 0 Å². The Morgan fingerprint density at radius 2 is 1.94 bits per heavy atom. The normalized spacial score (nSPS) is 14.3. The number of rotatable bonds is 10. The van der Waals surface area contributed by atoms with Gasteiger partial charge in [0.1, 0.15) is 0 Å². The van der Waals surface area contributed by atoms with Gasteiger partial charge in [-0.25, -0.2) is 0 Å². The average molecular weight is 262 g/mol. The summed E-state index contributed by atoms with van der Waals surface area (Å²) in [6.07, 6.45) is 4.34. The Labute approximate surface area is 108 Å². The summed E-state index contributed by atoms with van der Waals surface area (Å²) in [7, 11) is -0.684. The van der Waals surface area contributed by atoms with Crippen LogP contribution in [0.25, 0.3) is 0 Å². The van der Waals surface area contributed by atoms with E-state index < -0.39 is 10.8 Å². The van der Waals surface area contributed by atoms with Crippen LogP contribution < -0.4 is 0 Å². The summed E-state index contributed by atoms with van der Waals surface area (Å²) in [5.74, 6) is 2.02. The monoisotopic (exact) mass is 262 g/mol. The van der Waals surface area contributed by atoms with E-state index in [-0.39, 0.29) is 5.97 Å². The highest BCUT2D eigenvalue weighted by molar-refractivity contribution is 7.84. The fourth-order valence-electron chi connectivity index (χ4n) is 1.46. The molecule has 17 heavy (non-hydrogen) atoms. The van der Waals surface area contributed by atoms with E-state index in [9.17, 15) is 9.00 Å². The lowest BCUT2D eigenvalue weighted by atomic mass is 10.2. The third kappa shape index (κ3) is 10.5. The maximum Gasteiger partial charge on any atom is 0.305 e. The minimum absolute atomic E-state index is 0.117. The van der Waals surface area contributed by atoms with Crippen LogP contribution in [0.15, 0.2) is 0 Å². The van der Waals surface area contributed by atoms with E-state index in [0.29, 0.717) is 18.9 Å². The van der Waals surface area contributed by atoms with Crippen molar-refractivity contribution in [2.45, 2.75) is 52.9 Å². The molecular weight excluding hydrogens is 236 g/mol. The van der Waals surface area contributed by atoms with E-state index >= 15 is 0 Å². The van der Waals surface area contributed by atoms with Gasteiger partial charge in [0.15, 0.2) is 0 Å². The van der Waals surface area contributed by atoms with E-state index in [2.05, 4.69) is 13.8 Å². The second-order valence-electron chi connectivity index (χ2n) is 4.44. The number of unbranched alkanes of at least 4 members (excludes halogenated alkanes) is 2. The van der Waals surface area contributed by atoms with E-state index in [1.54, 1.807) is 0 Å². The standard InChI is InChI=1S/C13H26O3S/c1-4-12(3)11-17(15)10-8-6-7-9-13(14)16-5-2/h12H,4-11H2,1-3H3. The molecule has 102 valence electrons. The first-order valence-corrected chi connectivity index (χ1v) is 8.09. The molecule has 0 bridgehead atoms. The highest BCUT2D eigenvalue weighted by atomic mass is 32.2. The summed E-state index contributed by atoms with van der Waals surface area (Å²) in [5.41, 5.74) is 0. The molecule has 2 atom stereocenters. The van der Waals surface area contributed by atoms with Gasteiger partial charge in [0.25, 0.3) is 0 Å². The van der Waals surface area contributed by atoms with Crippen LogP contribution in [0, 0.1) is 5.92 Å². The predicted octanol–water partition coefficient (Wildman–Crippen LogP) is 2.90. The van der Waals surface area contributed by atoms with Crippen LogP contribution in [0.5, 0.6) is 0 Å². The molecule has 0 fully saturated rings. The van der Waals surface area contributed by atoms with Crippen LogP contribution in [-0.2, 0) is 20.3 Å². The minimum atomic E-state index is -0.684. The molecule has 0 rings (SSSR count). The molecule has 2 unspecified atom stereocenters. The zero-order chi connectivity index (χ0) is 13.1. The molecule has 0 N–H and O–H groups in total. The van der Waals surface area contributed by atoms with Crippen molar-refractivity contribution in [1.29, 1.82) is 0 Å². The number of esters is 1. The lowest BCUT2D eigenvalue weighted by molar-refractivity contribution is -0.143. The van der Waals surface area contributed by atoms with Crippen LogP contribution in [0.2, 0.25) is 0 Å². The van der Waals surface area contributed by atoms with Gasteiger partial charge in [-0.1, -0.05) is 26.7 Å². The Morgan fingerprint density at radius 3 is 2.53 bits per heavy atom. The third-order valence-electron chi connectivity index (χ3n) is 2.73. The largest absolute Gasteiger partial charge is 0.466 e. The molecule has 4 heteroatoms. The molecule has 0 aliphatic carbocycles.